The summed E-state index contributed by atoms with van der Waals surface area (Å²) in [5, 5.41) is 10.7. The van der Waals surface area contributed by atoms with Crippen molar-refractivity contribution in [3.8, 4) is 0 Å². The maximum Gasteiger partial charge on any atom is 0.269 e. The zero-order valence-electron chi connectivity index (χ0n) is 13.5. The molecule has 0 aromatic heterocycles. The van der Waals surface area contributed by atoms with Crippen molar-refractivity contribution in [3.05, 3.63) is 34.4 Å². The van der Waals surface area contributed by atoms with E-state index in [-0.39, 0.29) is 36.1 Å². The van der Waals surface area contributed by atoms with Crippen LogP contribution in [0.4, 0.5) is 11.4 Å². The Hall–Kier alpha value is -2.32. The minimum atomic E-state index is -0.517. The van der Waals surface area contributed by atoms with Crippen molar-refractivity contribution < 1.29 is 19.2 Å². The third kappa shape index (κ3) is 3.02. The van der Waals surface area contributed by atoms with Crippen molar-refractivity contribution in [1.82, 2.24) is 4.90 Å². The molecule has 3 unspecified atom stereocenters. The van der Waals surface area contributed by atoms with Crippen molar-refractivity contribution in [2.45, 2.75) is 38.5 Å². The first-order valence-corrected chi connectivity index (χ1v) is 7.87. The van der Waals surface area contributed by atoms with Crippen LogP contribution in [0.3, 0.4) is 0 Å². The predicted molar refractivity (Wildman–Crippen MR) is 85.6 cm³/mol. The van der Waals surface area contributed by atoms with Gasteiger partial charge in [-0.1, -0.05) is 0 Å². The van der Waals surface area contributed by atoms with Gasteiger partial charge >= 0.3 is 0 Å². The number of amides is 2. The molecule has 0 radical (unpaired) electrons. The summed E-state index contributed by atoms with van der Waals surface area (Å²) in [6.07, 6.45) is 0.130. The quantitative estimate of drug-likeness (QED) is 0.471. The van der Waals surface area contributed by atoms with Gasteiger partial charge in [-0.15, -0.1) is 0 Å². The molecule has 2 amide bonds. The van der Waals surface area contributed by atoms with E-state index < -0.39 is 11.0 Å². The molecule has 0 N–H and O–H groups in total. The Kier molecular flexibility index (Phi) is 4.33. The average Bonchev–Trinajstić information content (AvgIpc) is 2.81. The number of hydrogen-bond donors (Lipinski definition) is 0. The number of rotatable bonds is 3. The van der Waals surface area contributed by atoms with Gasteiger partial charge < -0.3 is 4.74 Å². The maximum absolute atomic E-state index is 12.7. The smallest absolute Gasteiger partial charge is 0.269 e. The third-order valence-electron chi connectivity index (χ3n) is 4.33. The summed E-state index contributed by atoms with van der Waals surface area (Å²) in [5.74, 6) is -0.569. The van der Waals surface area contributed by atoms with Gasteiger partial charge in [-0.05, 0) is 26.0 Å². The Morgan fingerprint density at radius 3 is 2.25 bits per heavy atom. The Balaban J connectivity index is 1.80. The fourth-order valence-electron chi connectivity index (χ4n) is 3.37. The largest absolute Gasteiger partial charge is 0.373 e. The Bertz CT molecular complexity index is 665. The van der Waals surface area contributed by atoms with Gasteiger partial charge in [0.1, 0.15) is 0 Å². The normalized spacial score (nSPS) is 28.4. The maximum atomic E-state index is 12.7. The molecule has 2 fully saturated rings. The van der Waals surface area contributed by atoms with E-state index in [9.17, 15) is 19.7 Å². The molecule has 3 rings (SSSR count). The summed E-state index contributed by atoms with van der Waals surface area (Å²) in [6.45, 7) is 5.08. The number of carbonyl (C=O) groups is 2. The topological polar surface area (TPSA) is 93.0 Å². The molecule has 2 heterocycles. The molecule has 8 nitrogen and oxygen atoms in total. The number of morpholine rings is 1. The van der Waals surface area contributed by atoms with Gasteiger partial charge in [0.15, 0.2) is 0 Å². The molecule has 1 aromatic carbocycles. The zero-order chi connectivity index (χ0) is 17.4. The lowest BCUT2D eigenvalue weighted by atomic mass is 10.1. The number of hydrogen-bond acceptors (Lipinski definition) is 6. The van der Waals surface area contributed by atoms with Crippen LogP contribution in [0, 0.1) is 10.1 Å². The lowest BCUT2D eigenvalue weighted by Crippen LogP contribution is -2.52. The fourth-order valence-corrected chi connectivity index (χ4v) is 3.37. The van der Waals surface area contributed by atoms with Crippen molar-refractivity contribution >= 4 is 23.2 Å². The number of non-ortho nitro benzene ring substituents is 1. The van der Waals surface area contributed by atoms with E-state index in [1.807, 2.05) is 18.7 Å². The minimum Gasteiger partial charge on any atom is -0.373 e. The van der Waals surface area contributed by atoms with Crippen LogP contribution in [-0.4, -0.2) is 53.0 Å². The van der Waals surface area contributed by atoms with Gasteiger partial charge in [-0.2, -0.15) is 0 Å². The van der Waals surface area contributed by atoms with Gasteiger partial charge in [0.2, 0.25) is 5.91 Å². The summed E-state index contributed by atoms with van der Waals surface area (Å²) in [6, 6.07) is 4.95. The summed E-state index contributed by atoms with van der Waals surface area (Å²) in [7, 11) is 0. The van der Waals surface area contributed by atoms with Crippen molar-refractivity contribution in [1.29, 1.82) is 0 Å². The Labute approximate surface area is 139 Å². The molecule has 3 atom stereocenters. The van der Waals surface area contributed by atoms with Crippen LogP contribution in [0.5, 0.6) is 0 Å². The van der Waals surface area contributed by atoms with E-state index in [4.69, 9.17) is 4.74 Å². The van der Waals surface area contributed by atoms with E-state index >= 15 is 0 Å². The number of imide groups is 1. The number of nitro benzene ring substituents is 1. The molecule has 128 valence electrons. The van der Waals surface area contributed by atoms with Gasteiger partial charge in [0.25, 0.3) is 11.6 Å². The van der Waals surface area contributed by atoms with Crippen LogP contribution in [0.15, 0.2) is 24.3 Å². The van der Waals surface area contributed by atoms with Gasteiger partial charge in [0, 0.05) is 25.2 Å². The Morgan fingerprint density at radius 2 is 1.71 bits per heavy atom. The first kappa shape index (κ1) is 16.5. The van der Waals surface area contributed by atoms with Crippen LogP contribution in [0.25, 0.3) is 0 Å². The molecule has 0 spiro atoms. The molecule has 8 heteroatoms. The van der Waals surface area contributed by atoms with Crippen LogP contribution in [0.1, 0.15) is 20.3 Å². The monoisotopic (exact) mass is 333 g/mol. The summed E-state index contributed by atoms with van der Waals surface area (Å²) < 4.78 is 5.67. The summed E-state index contributed by atoms with van der Waals surface area (Å²) in [5.41, 5.74) is 0.290. The highest BCUT2D eigenvalue weighted by molar-refractivity contribution is 6.22. The second-order valence-electron chi connectivity index (χ2n) is 6.27. The number of nitro groups is 1. The van der Waals surface area contributed by atoms with E-state index in [1.54, 1.807) is 0 Å². The van der Waals surface area contributed by atoms with Crippen molar-refractivity contribution in [2.24, 2.45) is 0 Å². The molecule has 2 aliphatic heterocycles. The first-order chi connectivity index (χ1) is 11.4. The molecule has 0 bridgehead atoms. The minimum absolute atomic E-state index is 0.00470. The molecular weight excluding hydrogens is 314 g/mol. The number of nitrogens with zero attached hydrogens (tertiary/aromatic N) is 3. The second-order valence-corrected chi connectivity index (χ2v) is 6.27. The lowest BCUT2D eigenvalue weighted by Gasteiger charge is -2.37. The van der Waals surface area contributed by atoms with Crippen LogP contribution in [-0.2, 0) is 14.3 Å². The highest BCUT2D eigenvalue weighted by atomic mass is 16.6. The Morgan fingerprint density at radius 1 is 1.12 bits per heavy atom. The van der Waals surface area contributed by atoms with E-state index in [0.717, 1.165) is 4.90 Å². The molecule has 0 aliphatic carbocycles. The number of carbonyl (C=O) groups excluding carboxylic acids is 2. The molecule has 2 saturated heterocycles. The molecular formula is C16H19N3O5. The average molecular weight is 333 g/mol. The van der Waals surface area contributed by atoms with Crippen LogP contribution < -0.4 is 4.90 Å². The van der Waals surface area contributed by atoms with E-state index in [0.29, 0.717) is 18.8 Å². The SMILES string of the molecule is CC1CN(C2CC(=O)N(c3ccc([N+](=O)[O-])cc3)C2=O)CC(C)O1. The second kappa shape index (κ2) is 6.29. The van der Waals surface area contributed by atoms with E-state index in [2.05, 4.69) is 0 Å². The van der Waals surface area contributed by atoms with Crippen LogP contribution in [0.2, 0.25) is 0 Å². The number of ether oxygens (including phenoxy) is 1. The highest BCUT2D eigenvalue weighted by Gasteiger charge is 2.44. The van der Waals surface area contributed by atoms with Gasteiger partial charge in [-0.25, -0.2) is 4.90 Å². The van der Waals surface area contributed by atoms with Crippen LogP contribution >= 0.6 is 0 Å². The molecule has 0 saturated carbocycles. The molecule has 2 aliphatic rings. The number of benzene rings is 1. The third-order valence-corrected chi connectivity index (χ3v) is 4.33. The predicted octanol–water partition coefficient (Wildman–Crippen LogP) is 1.34. The summed E-state index contributed by atoms with van der Waals surface area (Å²) in [4.78, 5) is 38.4. The fraction of sp³-hybridized carbons (Fsp3) is 0.500. The molecule has 1 aromatic rings. The first-order valence-electron chi connectivity index (χ1n) is 7.87. The van der Waals surface area contributed by atoms with E-state index in [1.165, 1.54) is 24.3 Å². The summed E-state index contributed by atoms with van der Waals surface area (Å²) >= 11 is 0. The zero-order valence-corrected chi connectivity index (χ0v) is 13.5. The molecule has 24 heavy (non-hydrogen) atoms. The lowest BCUT2D eigenvalue weighted by molar-refractivity contribution is -0.384. The standard InChI is InChI=1S/C16H19N3O5/c1-10-8-17(9-11(2)24-10)14-7-15(20)18(16(14)21)12-3-5-13(6-4-12)19(22)23/h3-6,10-11,14H,7-9H2,1-2H3. The van der Waals surface area contributed by atoms with Crippen molar-refractivity contribution in [2.75, 3.05) is 18.0 Å². The van der Waals surface area contributed by atoms with Gasteiger partial charge in [0.05, 0.1) is 35.3 Å². The van der Waals surface area contributed by atoms with Crippen molar-refractivity contribution in [3.63, 3.8) is 0 Å². The number of anilines is 1. The highest BCUT2D eigenvalue weighted by Crippen LogP contribution is 2.28. The van der Waals surface area contributed by atoms with Gasteiger partial charge in [-0.3, -0.25) is 24.6 Å².